The summed E-state index contributed by atoms with van der Waals surface area (Å²) in [4.78, 5) is 29.7. The van der Waals surface area contributed by atoms with Gasteiger partial charge in [0.15, 0.2) is 0 Å². The largest absolute Gasteiger partial charge is 0.481 e. The van der Waals surface area contributed by atoms with E-state index in [1.807, 2.05) is 0 Å². The number of rotatable bonds is 4. The molecule has 0 aliphatic carbocycles. The second-order valence-electron chi connectivity index (χ2n) is 1.62. The van der Waals surface area contributed by atoms with E-state index in [1.165, 1.54) is 0 Å². The molecule has 0 spiro atoms. The molecule has 11 heavy (non-hydrogen) atoms. The molecule has 0 heterocycles. The minimum Gasteiger partial charge on any atom is -0.481 e. The van der Waals surface area contributed by atoms with E-state index in [2.05, 4.69) is 0 Å². The van der Waals surface area contributed by atoms with Crippen LogP contribution in [0.4, 0.5) is 0 Å². The van der Waals surface area contributed by atoms with Gasteiger partial charge in [0.05, 0.1) is 6.42 Å². The smallest absolute Gasteiger partial charge is 0.372 e. The van der Waals surface area contributed by atoms with Gasteiger partial charge < -0.3 is 10.2 Å². The number of Topliss-reactive ketones (excluding diaryl/α,β-unsaturated/α-hetero) is 1. The van der Waals surface area contributed by atoms with Crippen molar-refractivity contribution in [3.8, 4) is 0 Å². The summed E-state index contributed by atoms with van der Waals surface area (Å²) in [7, 11) is 0. The molecule has 0 unspecified atom stereocenters. The molecule has 0 bridgehead atoms. The Balaban J connectivity index is 0. The second-order valence-corrected chi connectivity index (χ2v) is 1.62. The normalized spacial score (nSPS) is 8.00. The number of hydrogen-bond acceptors (Lipinski definition) is 3. The monoisotopic (exact) mass is 210 g/mol. The summed E-state index contributed by atoms with van der Waals surface area (Å²) in [5.41, 5.74) is 0. The van der Waals surface area contributed by atoms with Gasteiger partial charge in [0.2, 0.25) is 5.78 Å². The maximum Gasteiger partial charge on any atom is 0.372 e. The number of ketones is 1. The number of aliphatic carboxylic acids is 2. The summed E-state index contributed by atoms with van der Waals surface area (Å²) in [6.07, 6.45) is -0.865. The first kappa shape index (κ1) is 12.9. The van der Waals surface area contributed by atoms with Crippen molar-refractivity contribution in [2.24, 2.45) is 0 Å². The van der Waals surface area contributed by atoms with Crippen molar-refractivity contribution < 1.29 is 44.1 Å². The van der Waals surface area contributed by atoms with Crippen LogP contribution in [0.3, 0.4) is 0 Å². The molecule has 0 aliphatic rings. The second kappa shape index (κ2) is 5.98. The molecule has 2 N–H and O–H groups in total. The summed E-state index contributed by atoms with van der Waals surface area (Å²) in [5.74, 6) is -3.82. The molecule has 0 saturated carbocycles. The molecule has 0 aliphatic heterocycles. The van der Waals surface area contributed by atoms with Crippen molar-refractivity contribution in [3.05, 3.63) is 0 Å². The van der Waals surface area contributed by atoms with Gasteiger partial charge in [-0.15, -0.1) is 0 Å². The van der Waals surface area contributed by atoms with Crippen molar-refractivity contribution in [1.29, 1.82) is 0 Å². The van der Waals surface area contributed by atoms with Crippen LogP contribution >= 0.6 is 0 Å². The van der Waals surface area contributed by atoms with Crippen molar-refractivity contribution in [1.82, 2.24) is 0 Å². The zero-order valence-electron chi connectivity index (χ0n) is 5.74. The van der Waals surface area contributed by atoms with E-state index < -0.39 is 30.6 Å². The Morgan fingerprint density at radius 1 is 1.00 bits per heavy atom. The molecule has 0 aromatic heterocycles. The summed E-state index contributed by atoms with van der Waals surface area (Å²) in [5, 5.41) is 16.0. The van der Waals surface area contributed by atoms with Gasteiger partial charge in [0.1, 0.15) is 0 Å². The van der Waals surface area contributed by atoms with Crippen LogP contribution in [0.5, 0.6) is 0 Å². The van der Waals surface area contributed by atoms with E-state index in [-0.39, 0.29) is 19.5 Å². The van der Waals surface area contributed by atoms with Gasteiger partial charge in [-0.2, -0.15) is 0 Å². The molecule has 0 atom stereocenters. The van der Waals surface area contributed by atoms with Crippen LogP contribution < -0.4 is 0 Å². The first-order chi connectivity index (χ1) is 4.54. The predicted octanol–water partition coefficient (Wildman–Crippen LogP) is -0.498. The molecule has 0 fully saturated rings. The Morgan fingerprint density at radius 2 is 1.45 bits per heavy atom. The summed E-state index contributed by atoms with van der Waals surface area (Å²) < 4.78 is 0. The first-order valence-electron chi connectivity index (χ1n) is 2.52. The zero-order valence-corrected chi connectivity index (χ0v) is 8.71. The number of carbonyl (C=O) groups excluding carboxylic acids is 1. The molecular weight excluding hydrogens is 205 g/mol. The van der Waals surface area contributed by atoms with E-state index in [4.69, 9.17) is 10.2 Å². The summed E-state index contributed by atoms with van der Waals surface area (Å²) >= 11 is 0. The molecule has 0 rings (SSSR count). The van der Waals surface area contributed by atoms with Gasteiger partial charge in [-0.3, -0.25) is 9.59 Å². The van der Waals surface area contributed by atoms with E-state index in [1.54, 1.807) is 0 Å². The van der Waals surface area contributed by atoms with Gasteiger partial charge in [-0.25, -0.2) is 4.79 Å². The minimum atomic E-state index is -1.58. The van der Waals surface area contributed by atoms with Crippen LogP contribution in [0, 0.1) is 0 Å². The van der Waals surface area contributed by atoms with E-state index in [9.17, 15) is 14.4 Å². The average Bonchev–Trinajstić information content (AvgIpc) is 1.82. The van der Waals surface area contributed by atoms with E-state index in [0.717, 1.165) is 0 Å². The quantitative estimate of drug-likeness (QED) is 0.483. The van der Waals surface area contributed by atoms with Crippen molar-refractivity contribution in [2.45, 2.75) is 12.8 Å². The van der Waals surface area contributed by atoms with Crippen molar-refractivity contribution in [3.63, 3.8) is 0 Å². The third kappa shape index (κ3) is 7.13. The van der Waals surface area contributed by atoms with E-state index in [0.29, 0.717) is 0 Å². The number of hydrogen-bond donors (Lipinski definition) is 2. The van der Waals surface area contributed by atoms with Gasteiger partial charge in [0.25, 0.3) is 0 Å². The summed E-state index contributed by atoms with van der Waals surface area (Å²) in [6.45, 7) is 0. The number of carboxylic acids is 2. The standard InChI is InChI=1S/C5H6O5.Zn/c6-3(5(9)10)1-2-4(7)8;/h1-2H2,(H,7,8)(H,9,10);. The molecule has 5 nitrogen and oxygen atoms in total. The fourth-order valence-electron chi connectivity index (χ4n) is 0.327. The molecule has 58 valence electrons. The molecular formula is C5H6O5Zn. The molecule has 0 amide bonds. The fourth-order valence-corrected chi connectivity index (χ4v) is 0.327. The minimum absolute atomic E-state index is 0. The fraction of sp³-hybridized carbons (Fsp3) is 0.400. The van der Waals surface area contributed by atoms with Gasteiger partial charge in [-0.05, 0) is 0 Å². The Kier molecular flexibility index (Phi) is 6.99. The third-order valence-electron chi connectivity index (χ3n) is 0.804. The zero-order chi connectivity index (χ0) is 8.15. The topological polar surface area (TPSA) is 91.7 Å². The SMILES string of the molecule is O=C(O)CCC(=O)C(=O)O.[Zn]. The third-order valence-corrected chi connectivity index (χ3v) is 0.804. The maximum absolute atomic E-state index is 10.2. The molecule has 0 radical (unpaired) electrons. The van der Waals surface area contributed by atoms with Crippen molar-refractivity contribution in [2.75, 3.05) is 0 Å². The van der Waals surface area contributed by atoms with Crippen LogP contribution in [-0.4, -0.2) is 27.9 Å². The van der Waals surface area contributed by atoms with Crippen LogP contribution in [0.1, 0.15) is 12.8 Å². The van der Waals surface area contributed by atoms with Gasteiger partial charge >= 0.3 is 11.9 Å². The molecule has 0 aromatic rings. The number of carbonyl (C=O) groups is 3. The van der Waals surface area contributed by atoms with Crippen LogP contribution in [0.25, 0.3) is 0 Å². The molecule has 6 heteroatoms. The van der Waals surface area contributed by atoms with Gasteiger partial charge in [-0.1, -0.05) is 0 Å². The van der Waals surface area contributed by atoms with Crippen LogP contribution in [0.15, 0.2) is 0 Å². The molecule has 0 saturated heterocycles. The van der Waals surface area contributed by atoms with Crippen molar-refractivity contribution >= 4 is 17.7 Å². The summed E-state index contributed by atoms with van der Waals surface area (Å²) in [6, 6.07) is 0. The Hall–Kier alpha value is -0.767. The van der Waals surface area contributed by atoms with Gasteiger partial charge in [0, 0.05) is 25.9 Å². The van der Waals surface area contributed by atoms with Crippen LogP contribution in [0.2, 0.25) is 0 Å². The van der Waals surface area contributed by atoms with Crippen LogP contribution in [-0.2, 0) is 33.9 Å². The molecule has 0 aromatic carbocycles. The average molecular weight is 211 g/mol. The predicted molar refractivity (Wildman–Crippen MR) is 29.5 cm³/mol. The Labute approximate surface area is 75.2 Å². The first-order valence-corrected chi connectivity index (χ1v) is 2.52. The Bertz CT molecular complexity index is 176. The maximum atomic E-state index is 10.2. The number of carboxylic acid groups (broad SMARTS) is 2. The van der Waals surface area contributed by atoms with E-state index >= 15 is 0 Å². The Morgan fingerprint density at radius 3 is 1.73 bits per heavy atom.